The van der Waals surface area contributed by atoms with Crippen LogP contribution in [-0.2, 0) is 6.54 Å². The van der Waals surface area contributed by atoms with Gasteiger partial charge in [0.1, 0.15) is 5.82 Å². The van der Waals surface area contributed by atoms with Crippen molar-refractivity contribution in [3.8, 4) is 0 Å². The van der Waals surface area contributed by atoms with Gasteiger partial charge in [-0.15, -0.1) is 0 Å². The number of hydrogen-bond acceptors (Lipinski definition) is 3. The van der Waals surface area contributed by atoms with Crippen LogP contribution < -0.4 is 10.2 Å². The molecule has 0 bridgehead atoms. The highest BCUT2D eigenvalue weighted by Crippen LogP contribution is 2.18. The average molecular weight is 242 g/mol. The molecule has 1 rings (SSSR count). The smallest absolute Gasteiger partial charge is 0.146 e. The molecule has 0 unspecified atom stereocenters. The van der Waals surface area contributed by atoms with Crippen molar-refractivity contribution in [2.45, 2.75) is 6.54 Å². The Morgan fingerprint density at radius 3 is 2.69 bits per heavy atom. The zero-order valence-corrected chi connectivity index (χ0v) is 10.9. The zero-order chi connectivity index (χ0) is 12.0. The third kappa shape index (κ3) is 4.02. The molecule has 0 aromatic heterocycles. The van der Waals surface area contributed by atoms with E-state index in [0.717, 1.165) is 24.4 Å². The van der Waals surface area contributed by atoms with E-state index in [1.54, 1.807) is 22.7 Å². The van der Waals surface area contributed by atoms with E-state index >= 15 is 0 Å². The van der Waals surface area contributed by atoms with Gasteiger partial charge in [0, 0.05) is 32.9 Å². The summed E-state index contributed by atoms with van der Waals surface area (Å²) in [6.45, 7) is 1.68. The van der Waals surface area contributed by atoms with E-state index < -0.39 is 0 Å². The quantitative estimate of drug-likeness (QED) is 0.771. The first-order valence-corrected chi connectivity index (χ1v) is 6.70. The minimum Gasteiger partial charge on any atom is -0.375 e. The molecule has 0 saturated carbocycles. The SMILES string of the molecule is CSCCNCc1ccc(N(C)C)c(F)c1. The van der Waals surface area contributed by atoms with Crippen LogP contribution in [-0.4, -0.2) is 32.6 Å². The molecule has 0 aliphatic heterocycles. The molecule has 1 aromatic carbocycles. The number of nitrogens with one attached hydrogen (secondary N) is 1. The molecule has 0 aliphatic carbocycles. The van der Waals surface area contributed by atoms with E-state index in [9.17, 15) is 4.39 Å². The standard InChI is InChI=1S/C12H19FN2S/c1-15(2)12-5-4-10(8-11(12)13)9-14-6-7-16-3/h4-5,8,14H,6-7,9H2,1-3H3. The molecule has 90 valence electrons. The van der Waals surface area contributed by atoms with Crippen LogP contribution in [0.25, 0.3) is 0 Å². The lowest BCUT2D eigenvalue weighted by atomic mass is 10.2. The van der Waals surface area contributed by atoms with E-state index in [-0.39, 0.29) is 5.82 Å². The van der Waals surface area contributed by atoms with Crippen LogP contribution in [0.3, 0.4) is 0 Å². The van der Waals surface area contributed by atoms with Crippen LogP contribution in [0, 0.1) is 5.82 Å². The fourth-order valence-electron chi connectivity index (χ4n) is 1.43. The molecule has 1 N–H and O–H groups in total. The molecule has 2 nitrogen and oxygen atoms in total. The summed E-state index contributed by atoms with van der Waals surface area (Å²) in [6.07, 6.45) is 2.08. The van der Waals surface area contributed by atoms with Crippen LogP contribution >= 0.6 is 11.8 Å². The van der Waals surface area contributed by atoms with Gasteiger partial charge < -0.3 is 10.2 Å². The molecule has 0 aliphatic rings. The van der Waals surface area contributed by atoms with Gasteiger partial charge in [-0.05, 0) is 24.0 Å². The Balaban J connectivity index is 2.53. The molecule has 0 amide bonds. The minimum absolute atomic E-state index is 0.158. The van der Waals surface area contributed by atoms with E-state index in [0.29, 0.717) is 5.69 Å². The number of nitrogens with zero attached hydrogens (tertiary/aromatic N) is 1. The van der Waals surface area contributed by atoms with Crippen molar-refractivity contribution < 1.29 is 4.39 Å². The fraction of sp³-hybridized carbons (Fsp3) is 0.500. The lowest BCUT2D eigenvalue weighted by Crippen LogP contribution is -2.17. The summed E-state index contributed by atoms with van der Waals surface area (Å²) in [4.78, 5) is 1.78. The van der Waals surface area contributed by atoms with Crippen molar-refractivity contribution in [1.82, 2.24) is 5.32 Å². The Morgan fingerprint density at radius 2 is 2.12 bits per heavy atom. The lowest BCUT2D eigenvalue weighted by molar-refractivity contribution is 0.620. The molecular formula is C12H19FN2S. The molecule has 0 atom stereocenters. The van der Waals surface area contributed by atoms with Gasteiger partial charge >= 0.3 is 0 Å². The largest absolute Gasteiger partial charge is 0.375 e. The summed E-state index contributed by atoms with van der Waals surface area (Å²) in [7, 11) is 3.68. The van der Waals surface area contributed by atoms with Crippen molar-refractivity contribution in [1.29, 1.82) is 0 Å². The maximum Gasteiger partial charge on any atom is 0.146 e. The second-order valence-electron chi connectivity index (χ2n) is 3.85. The second-order valence-corrected chi connectivity index (χ2v) is 4.84. The highest BCUT2D eigenvalue weighted by Gasteiger charge is 2.04. The fourth-order valence-corrected chi connectivity index (χ4v) is 1.78. The van der Waals surface area contributed by atoms with E-state index in [2.05, 4.69) is 11.6 Å². The molecular weight excluding hydrogens is 223 g/mol. The molecule has 0 heterocycles. The van der Waals surface area contributed by atoms with Gasteiger partial charge in [-0.3, -0.25) is 0 Å². The Kier molecular flexibility index (Phi) is 5.63. The second kappa shape index (κ2) is 6.76. The number of anilines is 1. The molecule has 0 radical (unpaired) electrons. The third-order valence-corrected chi connectivity index (χ3v) is 2.92. The predicted molar refractivity (Wildman–Crippen MR) is 70.8 cm³/mol. The molecule has 1 aromatic rings. The van der Waals surface area contributed by atoms with Gasteiger partial charge in [0.15, 0.2) is 0 Å². The highest BCUT2D eigenvalue weighted by molar-refractivity contribution is 7.98. The van der Waals surface area contributed by atoms with Crippen molar-refractivity contribution in [2.24, 2.45) is 0 Å². The van der Waals surface area contributed by atoms with Gasteiger partial charge in [0.05, 0.1) is 5.69 Å². The minimum atomic E-state index is -0.158. The Morgan fingerprint density at radius 1 is 1.38 bits per heavy atom. The Bertz CT molecular complexity index is 329. The first-order chi connectivity index (χ1) is 7.65. The van der Waals surface area contributed by atoms with Gasteiger partial charge in [0.25, 0.3) is 0 Å². The number of rotatable bonds is 6. The maximum absolute atomic E-state index is 13.6. The number of thioether (sulfide) groups is 1. The topological polar surface area (TPSA) is 15.3 Å². The summed E-state index contributed by atoms with van der Waals surface area (Å²) in [5.41, 5.74) is 1.62. The average Bonchev–Trinajstić information content (AvgIpc) is 2.24. The van der Waals surface area contributed by atoms with Crippen LogP contribution in [0.5, 0.6) is 0 Å². The predicted octanol–water partition coefficient (Wildman–Crippen LogP) is 2.34. The van der Waals surface area contributed by atoms with Crippen molar-refractivity contribution >= 4 is 17.4 Å². The van der Waals surface area contributed by atoms with Crippen LogP contribution in [0.2, 0.25) is 0 Å². The van der Waals surface area contributed by atoms with Crippen molar-refractivity contribution in [3.05, 3.63) is 29.6 Å². The summed E-state index contributed by atoms with van der Waals surface area (Å²) in [5, 5.41) is 3.28. The van der Waals surface area contributed by atoms with Crippen molar-refractivity contribution in [2.75, 3.05) is 37.5 Å². The van der Waals surface area contributed by atoms with Crippen LogP contribution in [0.1, 0.15) is 5.56 Å². The Hall–Kier alpha value is -0.740. The third-order valence-electron chi connectivity index (χ3n) is 2.31. The Labute approximate surface area is 101 Å². The summed E-state index contributed by atoms with van der Waals surface area (Å²) < 4.78 is 13.6. The first-order valence-electron chi connectivity index (χ1n) is 5.30. The molecule has 16 heavy (non-hydrogen) atoms. The van der Waals surface area contributed by atoms with E-state index in [1.807, 2.05) is 26.2 Å². The lowest BCUT2D eigenvalue weighted by Gasteiger charge is -2.14. The van der Waals surface area contributed by atoms with Gasteiger partial charge in [-0.1, -0.05) is 6.07 Å². The zero-order valence-electron chi connectivity index (χ0n) is 10.1. The first kappa shape index (κ1) is 13.3. The molecule has 0 saturated heterocycles. The van der Waals surface area contributed by atoms with Crippen molar-refractivity contribution in [3.63, 3.8) is 0 Å². The number of hydrogen-bond donors (Lipinski definition) is 1. The molecule has 0 spiro atoms. The van der Waals surface area contributed by atoms with Gasteiger partial charge in [0.2, 0.25) is 0 Å². The van der Waals surface area contributed by atoms with E-state index in [4.69, 9.17) is 0 Å². The number of halogens is 1. The van der Waals surface area contributed by atoms with Gasteiger partial charge in [-0.2, -0.15) is 11.8 Å². The molecule has 0 fully saturated rings. The molecule has 4 heteroatoms. The van der Waals surface area contributed by atoms with Crippen LogP contribution in [0.15, 0.2) is 18.2 Å². The van der Waals surface area contributed by atoms with Gasteiger partial charge in [-0.25, -0.2) is 4.39 Å². The number of benzene rings is 1. The van der Waals surface area contributed by atoms with Crippen LogP contribution in [0.4, 0.5) is 10.1 Å². The normalized spacial score (nSPS) is 10.5. The maximum atomic E-state index is 13.6. The highest BCUT2D eigenvalue weighted by atomic mass is 32.2. The van der Waals surface area contributed by atoms with E-state index in [1.165, 1.54) is 0 Å². The summed E-state index contributed by atoms with van der Waals surface area (Å²) >= 11 is 1.80. The summed E-state index contributed by atoms with van der Waals surface area (Å²) in [5.74, 6) is 0.923. The monoisotopic (exact) mass is 242 g/mol. The summed E-state index contributed by atoms with van der Waals surface area (Å²) in [6, 6.07) is 5.38.